The first-order valence-electron chi connectivity index (χ1n) is 10.5. The molecular formula is C23H42ClNO. The van der Waals surface area contributed by atoms with Crippen molar-refractivity contribution in [3.8, 4) is 0 Å². The maximum Gasteiger partial charge on any atom is 0.0608 e. The molecule has 1 aromatic carbocycles. The molecule has 2 nitrogen and oxygen atoms in total. The van der Waals surface area contributed by atoms with Crippen LogP contribution in [0.25, 0.3) is 0 Å². The summed E-state index contributed by atoms with van der Waals surface area (Å²) in [4.78, 5) is 0. The van der Waals surface area contributed by atoms with E-state index >= 15 is 0 Å². The van der Waals surface area contributed by atoms with Gasteiger partial charge in [-0.2, -0.15) is 0 Å². The highest BCUT2D eigenvalue weighted by Gasteiger charge is 2.15. The summed E-state index contributed by atoms with van der Waals surface area (Å²) in [5, 5.41) is 9.17. The summed E-state index contributed by atoms with van der Waals surface area (Å²) in [5.41, 5.74) is 8.44. The molecule has 0 amide bonds. The molecule has 0 aliphatic carbocycles. The zero-order valence-electron chi connectivity index (χ0n) is 17.1. The Hall–Kier alpha value is -0.570. The Labute approximate surface area is 168 Å². The Balaban J connectivity index is 0.00000625. The van der Waals surface area contributed by atoms with Gasteiger partial charge in [-0.25, -0.2) is 0 Å². The highest BCUT2D eigenvalue weighted by atomic mass is 35.5. The Morgan fingerprint density at radius 2 is 1.19 bits per heavy atom. The van der Waals surface area contributed by atoms with Crippen molar-refractivity contribution in [3.63, 3.8) is 0 Å². The van der Waals surface area contributed by atoms with Gasteiger partial charge in [-0.1, -0.05) is 82.6 Å². The summed E-state index contributed by atoms with van der Waals surface area (Å²) in [5.74, 6) is 0. The normalized spacial score (nSPS) is 13.2. The number of halogens is 1. The van der Waals surface area contributed by atoms with E-state index < -0.39 is 5.54 Å². The van der Waals surface area contributed by atoms with E-state index in [1.807, 2.05) is 6.92 Å². The SMILES string of the molecule is CCCCCCCCCCc1ccc(CCCCC(C)(N)CO)cc1.Cl. The average Bonchev–Trinajstić information content (AvgIpc) is 2.62. The van der Waals surface area contributed by atoms with Gasteiger partial charge in [0.15, 0.2) is 0 Å². The van der Waals surface area contributed by atoms with Crippen molar-refractivity contribution >= 4 is 12.4 Å². The van der Waals surface area contributed by atoms with Crippen LogP contribution in [0.15, 0.2) is 24.3 Å². The standard InChI is InChI=1S/C23H41NO.ClH/c1-3-4-5-6-7-8-9-10-13-21-15-17-22(18-16-21)14-11-12-19-23(2,24)20-25;/h15-18,25H,3-14,19-20,24H2,1-2H3;1H. The van der Waals surface area contributed by atoms with Gasteiger partial charge in [-0.3, -0.25) is 0 Å². The molecule has 1 unspecified atom stereocenters. The molecule has 0 aliphatic heterocycles. The van der Waals surface area contributed by atoms with Gasteiger partial charge in [-0.05, 0) is 50.2 Å². The van der Waals surface area contributed by atoms with E-state index in [0.29, 0.717) is 0 Å². The van der Waals surface area contributed by atoms with Crippen molar-refractivity contribution in [1.82, 2.24) is 0 Å². The second-order valence-corrected chi connectivity index (χ2v) is 8.06. The minimum absolute atomic E-state index is 0. The minimum Gasteiger partial charge on any atom is -0.394 e. The summed E-state index contributed by atoms with van der Waals surface area (Å²) in [6.07, 6.45) is 16.5. The molecule has 0 bridgehead atoms. The fourth-order valence-electron chi connectivity index (χ4n) is 3.27. The number of hydrogen-bond donors (Lipinski definition) is 2. The summed E-state index contributed by atoms with van der Waals surface area (Å²) < 4.78 is 0. The highest BCUT2D eigenvalue weighted by molar-refractivity contribution is 5.85. The van der Waals surface area contributed by atoms with Crippen LogP contribution in [0.2, 0.25) is 0 Å². The van der Waals surface area contributed by atoms with Gasteiger partial charge in [0.25, 0.3) is 0 Å². The molecule has 0 fully saturated rings. The smallest absolute Gasteiger partial charge is 0.0608 e. The van der Waals surface area contributed by atoms with Gasteiger partial charge in [0, 0.05) is 5.54 Å². The van der Waals surface area contributed by atoms with E-state index in [1.165, 1.54) is 68.9 Å². The monoisotopic (exact) mass is 383 g/mol. The van der Waals surface area contributed by atoms with Crippen LogP contribution in [0.5, 0.6) is 0 Å². The lowest BCUT2D eigenvalue weighted by Gasteiger charge is -2.21. The summed E-state index contributed by atoms with van der Waals surface area (Å²) in [6, 6.07) is 9.18. The van der Waals surface area contributed by atoms with E-state index in [0.717, 1.165) is 25.7 Å². The van der Waals surface area contributed by atoms with Gasteiger partial charge in [0.2, 0.25) is 0 Å². The summed E-state index contributed by atoms with van der Waals surface area (Å²) in [7, 11) is 0. The molecule has 1 atom stereocenters. The third-order valence-electron chi connectivity index (χ3n) is 5.17. The fourth-order valence-corrected chi connectivity index (χ4v) is 3.27. The fraction of sp³-hybridized carbons (Fsp3) is 0.739. The number of aryl methyl sites for hydroxylation is 2. The largest absolute Gasteiger partial charge is 0.394 e. The van der Waals surface area contributed by atoms with Crippen LogP contribution in [0, 0.1) is 0 Å². The Kier molecular flexibility index (Phi) is 15.1. The molecule has 0 saturated heterocycles. The zero-order valence-corrected chi connectivity index (χ0v) is 18.0. The molecule has 0 saturated carbocycles. The molecule has 0 aliphatic rings. The zero-order chi connectivity index (χ0) is 18.4. The van der Waals surface area contributed by atoms with Crippen molar-refractivity contribution in [3.05, 3.63) is 35.4 Å². The summed E-state index contributed by atoms with van der Waals surface area (Å²) >= 11 is 0. The van der Waals surface area contributed by atoms with E-state index in [1.54, 1.807) is 0 Å². The van der Waals surface area contributed by atoms with Crippen molar-refractivity contribution in [1.29, 1.82) is 0 Å². The maximum absolute atomic E-state index is 9.17. The lowest BCUT2D eigenvalue weighted by molar-refractivity contribution is 0.197. The Morgan fingerprint density at radius 3 is 1.65 bits per heavy atom. The van der Waals surface area contributed by atoms with Crippen molar-refractivity contribution in [2.75, 3.05) is 6.61 Å². The van der Waals surface area contributed by atoms with Crippen LogP contribution in [-0.2, 0) is 12.8 Å². The second kappa shape index (κ2) is 15.5. The first-order chi connectivity index (χ1) is 12.1. The average molecular weight is 384 g/mol. The van der Waals surface area contributed by atoms with Gasteiger partial charge >= 0.3 is 0 Å². The van der Waals surface area contributed by atoms with Crippen molar-refractivity contribution in [2.45, 2.75) is 103 Å². The highest BCUT2D eigenvalue weighted by Crippen LogP contribution is 2.15. The molecular weight excluding hydrogens is 342 g/mol. The Bertz CT molecular complexity index is 430. The molecule has 0 radical (unpaired) electrons. The lowest BCUT2D eigenvalue weighted by Crippen LogP contribution is -2.39. The van der Waals surface area contributed by atoms with Crippen LogP contribution in [0.4, 0.5) is 0 Å². The molecule has 1 aromatic rings. The molecule has 0 heterocycles. The molecule has 0 spiro atoms. The number of rotatable bonds is 15. The predicted molar refractivity (Wildman–Crippen MR) is 117 cm³/mol. The van der Waals surface area contributed by atoms with Gasteiger partial charge in [-0.15, -0.1) is 12.4 Å². The number of benzene rings is 1. The van der Waals surface area contributed by atoms with E-state index in [2.05, 4.69) is 31.2 Å². The Morgan fingerprint density at radius 1 is 0.769 bits per heavy atom. The third-order valence-corrected chi connectivity index (χ3v) is 5.17. The molecule has 1 rings (SSSR count). The van der Waals surface area contributed by atoms with Gasteiger partial charge < -0.3 is 10.8 Å². The molecule has 26 heavy (non-hydrogen) atoms. The van der Waals surface area contributed by atoms with Crippen LogP contribution in [-0.4, -0.2) is 17.3 Å². The van der Waals surface area contributed by atoms with Gasteiger partial charge in [0.05, 0.1) is 6.61 Å². The maximum atomic E-state index is 9.17. The lowest BCUT2D eigenvalue weighted by atomic mass is 9.95. The van der Waals surface area contributed by atoms with E-state index in [9.17, 15) is 0 Å². The molecule has 3 N–H and O–H groups in total. The van der Waals surface area contributed by atoms with Crippen LogP contribution >= 0.6 is 12.4 Å². The summed E-state index contributed by atoms with van der Waals surface area (Å²) in [6.45, 7) is 4.27. The van der Waals surface area contributed by atoms with E-state index in [4.69, 9.17) is 10.8 Å². The second-order valence-electron chi connectivity index (χ2n) is 8.06. The van der Waals surface area contributed by atoms with Gasteiger partial charge in [0.1, 0.15) is 0 Å². The minimum atomic E-state index is -0.417. The molecule has 152 valence electrons. The first kappa shape index (κ1) is 25.4. The molecule has 3 heteroatoms. The van der Waals surface area contributed by atoms with Crippen LogP contribution < -0.4 is 5.73 Å². The number of hydrogen-bond acceptors (Lipinski definition) is 2. The number of nitrogens with two attached hydrogens (primary N) is 1. The molecule has 0 aromatic heterocycles. The number of aliphatic hydroxyl groups excluding tert-OH is 1. The van der Waals surface area contributed by atoms with Crippen molar-refractivity contribution in [2.24, 2.45) is 5.73 Å². The first-order valence-corrected chi connectivity index (χ1v) is 10.5. The third kappa shape index (κ3) is 12.7. The quantitative estimate of drug-likeness (QED) is 0.353. The van der Waals surface area contributed by atoms with Crippen LogP contribution in [0.3, 0.4) is 0 Å². The van der Waals surface area contributed by atoms with Crippen molar-refractivity contribution < 1.29 is 5.11 Å². The predicted octanol–water partition coefficient (Wildman–Crippen LogP) is 6.21. The topological polar surface area (TPSA) is 46.2 Å². The number of aliphatic hydroxyl groups is 1. The van der Waals surface area contributed by atoms with Crippen LogP contribution in [0.1, 0.15) is 95.6 Å². The number of unbranched alkanes of at least 4 members (excludes halogenated alkanes) is 8. The van der Waals surface area contributed by atoms with E-state index in [-0.39, 0.29) is 19.0 Å².